The molecule has 2 nitrogen and oxygen atoms in total. The topological polar surface area (TPSA) is 7.12 Å². The highest BCUT2D eigenvalue weighted by Gasteiger charge is 2.39. The van der Waals surface area contributed by atoms with Gasteiger partial charge in [0.1, 0.15) is 11.7 Å². The van der Waals surface area contributed by atoms with Gasteiger partial charge in [0, 0.05) is 36.3 Å². The van der Waals surface area contributed by atoms with Gasteiger partial charge in [-0.2, -0.15) is 4.57 Å². The van der Waals surface area contributed by atoms with Gasteiger partial charge in [-0.15, -0.1) is 0 Å². The van der Waals surface area contributed by atoms with Gasteiger partial charge in [0.2, 0.25) is 5.52 Å². The molecule has 1 atom stereocenters. The first-order valence-electron chi connectivity index (χ1n) is 8.82. The summed E-state index contributed by atoms with van der Waals surface area (Å²) in [5.41, 5.74) is 5.55. The predicted octanol–water partition coefficient (Wildman–Crippen LogP) is 5.01. The first kappa shape index (κ1) is 16.3. The van der Waals surface area contributed by atoms with Crippen molar-refractivity contribution in [3.05, 3.63) is 58.6 Å². The van der Waals surface area contributed by atoms with Crippen LogP contribution in [0.5, 0.6) is 0 Å². The van der Waals surface area contributed by atoms with Gasteiger partial charge in [-0.3, -0.25) is 0 Å². The van der Waals surface area contributed by atoms with Gasteiger partial charge in [-0.05, 0) is 42.3 Å². The van der Waals surface area contributed by atoms with Gasteiger partial charge in [-0.25, -0.2) is 0 Å². The molecule has 0 amide bonds. The number of hydrogen-bond acceptors (Lipinski definition) is 2. The monoisotopic (exact) mass is 349 g/mol. The van der Waals surface area contributed by atoms with Crippen LogP contribution in [0.4, 0.5) is 5.69 Å². The van der Waals surface area contributed by atoms with E-state index in [1.54, 1.807) is 0 Å². The highest BCUT2D eigenvalue weighted by atomic mass is 32.1. The van der Waals surface area contributed by atoms with E-state index in [1.807, 2.05) is 11.3 Å². The molecule has 1 aromatic heterocycles. The Morgan fingerprint density at radius 1 is 1.12 bits per heavy atom. The van der Waals surface area contributed by atoms with E-state index in [4.69, 9.17) is 0 Å². The number of nitrogens with zero attached hydrogens (tertiary/aromatic N) is 2. The fourth-order valence-electron chi connectivity index (χ4n) is 3.83. The van der Waals surface area contributed by atoms with Crippen LogP contribution in [0.15, 0.2) is 42.5 Å². The van der Waals surface area contributed by atoms with Crippen molar-refractivity contribution < 1.29 is 4.57 Å². The molecule has 0 spiro atoms. The van der Waals surface area contributed by atoms with Crippen LogP contribution in [0.2, 0.25) is 0 Å². The molecule has 0 fully saturated rings. The molecule has 1 aliphatic heterocycles. The zero-order valence-corrected chi connectivity index (χ0v) is 16.4. The summed E-state index contributed by atoms with van der Waals surface area (Å²) in [4.78, 5) is 2.40. The van der Waals surface area contributed by atoms with Crippen LogP contribution in [0.25, 0.3) is 22.4 Å². The minimum absolute atomic E-state index is 0.177. The summed E-state index contributed by atoms with van der Waals surface area (Å²) in [5, 5.41) is 1.27. The maximum atomic E-state index is 2.40. The average molecular weight is 350 g/mol. The van der Waals surface area contributed by atoms with Gasteiger partial charge in [-0.1, -0.05) is 43.4 Å². The summed E-state index contributed by atoms with van der Waals surface area (Å²) in [6, 6.07) is 15.9. The van der Waals surface area contributed by atoms with Gasteiger partial charge >= 0.3 is 0 Å². The second kappa shape index (κ2) is 5.70. The Bertz CT molecular complexity index is 981. The Morgan fingerprint density at radius 3 is 2.64 bits per heavy atom. The quantitative estimate of drug-likeness (QED) is 0.590. The van der Waals surface area contributed by atoms with Crippen molar-refractivity contribution in [2.75, 3.05) is 11.9 Å². The minimum atomic E-state index is 0.177. The third kappa shape index (κ3) is 2.49. The molecule has 3 aromatic rings. The molecule has 0 saturated heterocycles. The molecular formula is C22H25N2S+. The van der Waals surface area contributed by atoms with Gasteiger partial charge in [0.25, 0.3) is 5.01 Å². The fourth-order valence-corrected chi connectivity index (χ4v) is 4.89. The Hall–Kier alpha value is -2.13. The number of fused-ring (bicyclic) bond motifs is 2. The number of likely N-dealkylation sites (N-methyl/N-ethyl adjacent to an activating group) is 1. The summed E-state index contributed by atoms with van der Waals surface area (Å²) in [6.45, 7) is 7.01. The number of aryl methyl sites for hydroxylation is 1. The Kier molecular flexibility index (Phi) is 3.73. The third-order valence-corrected chi connectivity index (χ3v) is 7.09. The molecule has 3 heteroatoms. The first-order chi connectivity index (χ1) is 11.9. The third-order valence-electron chi connectivity index (χ3n) is 5.91. The lowest BCUT2D eigenvalue weighted by molar-refractivity contribution is -0.642. The zero-order chi connectivity index (χ0) is 17.8. The van der Waals surface area contributed by atoms with E-state index >= 15 is 0 Å². The van der Waals surface area contributed by atoms with Crippen molar-refractivity contribution in [3.63, 3.8) is 0 Å². The van der Waals surface area contributed by atoms with E-state index < -0.39 is 0 Å². The Balaban J connectivity index is 1.71. The SMILES string of the molecule is C[C@H]1N(C)c2ccc(/C=C/c3sc4ccccc4[n+]3C)cc2C1(C)C. The molecule has 1 aliphatic rings. The zero-order valence-electron chi connectivity index (χ0n) is 15.6. The van der Waals surface area contributed by atoms with Crippen molar-refractivity contribution in [3.8, 4) is 0 Å². The number of thiazole rings is 1. The molecule has 0 radical (unpaired) electrons. The van der Waals surface area contributed by atoms with Crippen LogP contribution in [-0.2, 0) is 12.5 Å². The maximum absolute atomic E-state index is 2.40. The molecule has 0 bridgehead atoms. The lowest BCUT2D eigenvalue weighted by Gasteiger charge is -2.28. The highest BCUT2D eigenvalue weighted by molar-refractivity contribution is 7.18. The molecule has 4 rings (SSSR count). The molecule has 2 heterocycles. The summed E-state index contributed by atoms with van der Waals surface area (Å²) in [6.07, 6.45) is 4.48. The first-order valence-corrected chi connectivity index (χ1v) is 9.64. The Labute approximate surface area is 154 Å². The molecule has 0 aliphatic carbocycles. The summed E-state index contributed by atoms with van der Waals surface area (Å²) < 4.78 is 3.60. The number of rotatable bonds is 2. The molecule has 2 aromatic carbocycles. The second-order valence-corrected chi connectivity index (χ2v) is 8.65. The summed E-state index contributed by atoms with van der Waals surface area (Å²) >= 11 is 1.84. The van der Waals surface area contributed by atoms with Gasteiger partial charge < -0.3 is 4.90 Å². The van der Waals surface area contributed by atoms with E-state index in [1.165, 1.54) is 32.0 Å². The van der Waals surface area contributed by atoms with Crippen LogP contribution >= 0.6 is 11.3 Å². The molecular weight excluding hydrogens is 324 g/mol. The van der Waals surface area contributed by atoms with Crippen molar-refractivity contribution in [1.29, 1.82) is 0 Å². The fraction of sp³-hybridized carbons (Fsp3) is 0.318. The van der Waals surface area contributed by atoms with Crippen molar-refractivity contribution in [2.24, 2.45) is 7.05 Å². The summed E-state index contributed by atoms with van der Waals surface area (Å²) in [7, 11) is 4.34. The molecule has 0 N–H and O–H groups in total. The van der Waals surface area contributed by atoms with E-state index in [-0.39, 0.29) is 5.41 Å². The predicted molar refractivity (Wildman–Crippen MR) is 109 cm³/mol. The lowest BCUT2D eigenvalue weighted by atomic mass is 9.81. The Morgan fingerprint density at radius 2 is 1.88 bits per heavy atom. The molecule has 25 heavy (non-hydrogen) atoms. The van der Waals surface area contributed by atoms with Crippen molar-refractivity contribution >= 4 is 39.4 Å². The number of anilines is 1. The normalized spacial score (nSPS) is 19.1. The smallest absolute Gasteiger partial charge is 0.262 e. The van der Waals surface area contributed by atoms with Crippen LogP contribution in [0.3, 0.4) is 0 Å². The van der Waals surface area contributed by atoms with Crippen LogP contribution in [-0.4, -0.2) is 13.1 Å². The van der Waals surface area contributed by atoms with Gasteiger partial charge in [0.15, 0.2) is 0 Å². The largest absolute Gasteiger partial charge is 0.371 e. The van der Waals surface area contributed by atoms with Crippen molar-refractivity contribution in [1.82, 2.24) is 0 Å². The minimum Gasteiger partial charge on any atom is -0.371 e. The molecule has 0 saturated carbocycles. The number of hydrogen-bond donors (Lipinski definition) is 0. The van der Waals surface area contributed by atoms with E-state index in [9.17, 15) is 0 Å². The number of benzene rings is 2. The number of para-hydroxylation sites is 1. The molecule has 128 valence electrons. The highest BCUT2D eigenvalue weighted by Crippen LogP contribution is 2.44. The lowest BCUT2D eigenvalue weighted by Crippen LogP contribution is -2.36. The van der Waals surface area contributed by atoms with Crippen LogP contribution < -0.4 is 9.47 Å². The van der Waals surface area contributed by atoms with Crippen LogP contribution in [0, 0.1) is 0 Å². The maximum Gasteiger partial charge on any atom is 0.262 e. The van der Waals surface area contributed by atoms with E-state index in [0.29, 0.717) is 6.04 Å². The average Bonchev–Trinajstić information content (AvgIpc) is 3.02. The van der Waals surface area contributed by atoms with Gasteiger partial charge in [0.05, 0.1) is 0 Å². The molecule has 0 unspecified atom stereocenters. The summed E-state index contributed by atoms with van der Waals surface area (Å²) in [5.74, 6) is 0. The van der Waals surface area contributed by atoms with E-state index in [2.05, 4.69) is 99.0 Å². The van der Waals surface area contributed by atoms with Crippen LogP contribution in [0.1, 0.15) is 36.9 Å². The second-order valence-electron chi connectivity index (χ2n) is 7.59. The number of aromatic nitrogens is 1. The standard InChI is InChI=1S/C22H25N2S/c1-15-22(2,3)17-14-16(10-12-18(17)23(15)4)11-13-21-24(5)19-8-6-7-9-20(19)25-21/h6-15H,1-5H3/q+1/t15-/m1/s1. The van der Waals surface area contributed by atoms with E-state index in [0.717, 1.165) is 0 Å². The van der Waals surface area contributed by atoms with Crippen molar-refractivity contribution in [2.45, 2.75) is 32.2 Å².